The van der Waals surface area contributed by atoms with Crippen LogP contribution in [-0.2, 0) is 23.8 Å². The topological polar surface area (TPSA) is 61.8 Å². The number of hydrogen-bond acceptors (Lipinski definition) is 5. The predicted molar refractivity (Wildman–Crippen MR) is 95.2 cm³/mol. The van der Waals surface area contributed by atoms with Crippen LogP contribution < -0.4 is 0 Å². The fourth-order valence-corrected chi connectivity index (χ4v) is 6.30. The van der Waals surface area contributed by atoms with Gasteiger partial charge in [-0.3, -0.25) is 4.79 Å². The van der Waals surface area contributed by atoms with Crippen molar-refractivity contribution in [1.29, 1.82) is 0 Å². The van der Waals surface area contributed by atoms with E-state index in [-0.39, 0.29) is 28.9 Å². The molecule has 4 aliphatic rings. The van der Waals surface area contributed by atoms with Crippen molar-refractivity contribution in [1.82, 2.24) is 0 Å². The Bertz CT molecular complexity index is 640. The molecule has 0 aromatic rings. The Balaban J connectivity index is 1.64. The van der Waals surface area contributed by atoms with Gasteiger partial charge in [0, 0.05) is 24.0 Å². The average molecular weight is 362 g/mol. The zero-order valence-electron chi connectivity index (χ0n) is 16.1. The lowest BCUT2D eigenvalue weighted by Crippen LogP contribution is -2.57. The molecule has 0 aromatic heterocycles. The molecule has 4 rings (SSSR count). The van der Waals surface area contributed by atoms with Gasteiger partial charge in [-0.2, -0.15) is 0 Å². The lowest BCUT2D eigenvalue weighted by molar-refractivity contribution is -0.142. The maximum atomic E-state index is 12.4. The van der Waals surface area contributed by atoms with Gasteiger partial charge in [0.2, 0.25) is 0 Å². The molecule has 0 radical (unpaired) electrons. The van der Waals surface area contributed by atoms with Crippen molar-refractivity contribution in [2.45, 2.75) is 58.5 Å². The molecule has 26 heavy (non-hydrogen) atoms. The molecule has 0 unspecified atom stereocenters. The third-order valence-electron chi connectivity index (χ3n) is 7.98. The molecule has 144 valence electrons. The smallest absolute Gasteiger partial charge is 0.334 e. The van der Waals surface area contributed by atoms with Gasteiger partial charge in [0.05, 0.1) is 19.1 Å². The summed E-state index contributed by atoms with van der Waals surface area (Å²) in [4.78, 5) is 23.8. The van der Waals surface area contributed by atoms with Crippen molar-refractivity contribution < 1.29 is 23.8 Å². The van der Waals surface area contributed by atoms with E-state index in [2.05, 4.69) is 19.9 Å². The van der Waals surface area contributed by atoms with Crippen LogP contribution in [0.1, 0.15) is 52.4 Å². The number of hydrogen-bond donors (Lipinski definition) is 0. The highest BCUT2D eigenvalue weighted by molar-refractivity contribution is 5.92. The zero-order valence-corrected chi connectivity index (χ0v) is 16.1. The van der Waals surface area contributed by atoms with Crippen LogP contribution in [0, 0.1) is 28.6 Å². The molecule has 3 fully saturated rings. The highest BCUT2D eigenvalue weighted by Crippen LogP contribution is 2.64. The molecule has 6 atom stereocenters. The quantitative estimate of drug-likeness (QED) is 0.718. The van der Waals surface area contributed by atoms with Crippen molar-refractivity contribution in [2.75, 3.05) is 20.3 Å². The van der Waals surface area contributed by atoms with Gasteiger partial charge < -0.3 is 14.2 Å². The van der Waals surface area contributed by atoms with E-state index in [0.717, 1.165) is 37.7 Å². The second-order valence-corrected chi connectivity index (χ2v) is 9.04. The third kappa shape index (κ3) is 2.54. The largest absolute Gasteiger partial charge is 0.465 e. The van der Waals surface area contributed by atoms with Gasteiger partial charge >= 0.3 is 11.9 Å². The summed E-state index contributed by atoms with van der Waals surface area (Å²) >= 11 is 0. The second-order valence-electron chi connectivity index (χ2n) is 9.04. The number of cyclic esters (lactones) is 2. The lowest BCUT2D eigenvalue weighted by atomic mass is 9.46. The molecule has 1 spiro atoms. The first-order chi connectivity index (χ1) is 12.4. The van der Waals surface area contributed by atoms with Crippen LogP contribution in [0.15, 0.2) is 11.6 Å². The summed E-state index contributed by atoms with van der Waals surface area (Å²) in [6.07, 6.45) is 7.70. The Morgan fingerprint density at radius 3 is 2.81 bits per heavy atom. The van der Waals surface area contributed by atoms with E-state index in [4.69, 9.17) is 14.2 Å². The number of rotatable bonds is 4. The molecule has 0 bridgehead atoms. The Labute approximate surface area is 155 Å². The summed E-state index contributed by atoms with van der Waals surface area (Å²) in [6, 6.07) is 0. The monoisotopic (exact) mass is 362 g/mol. The average Bonchev–Trinajstić information content (AvgIpc) is 3.20. The molecule has 5 heteroatoms. The standard InChI is InChI=1S/C21H30O5/c1-13-16(24-3)10-21-12-26-19(23)15(21)5-4-6-17(21)20(13,2)8-7-14-9-18(22)25-11-14/h5,13-14,16-17H,4,6-12H2,1-3H3/t13-,14-,16+,17-,20+,21-/m1/s1. The zero-order chi connectivity index (χ0) is 18.5. The predicted octanol–water partition coefficient (Wildman–Crippen LogP) is 3.27. The van der Waals surface area contributed by atoms with E-state index in [0.29, 0.717) is 37.4 Å². The number of carbonyl (C=O) groups is 2. The molecule has 5 nitrogen and oxygen atoms in total. The summed E-state index contributed by atoms with van der Waals surface area (Å²) < 4.78 is 16.6. The summed E-state index contributed by atoms with van der Waals surface area (Å²) in [5, 5.41) is 0. The number of ether oxygens (including phenoxy) is 3. The minimum atomic E-state index is -0.195. The van der Waals surface area contributed by atoms with Crippen LogP contribution in [0.25, 0.3) is 0 Å². The first-order valence-electron chi connectivity index (χ1n) is 9.97. The fourth-order valence-electron chi connectivity index (χ4n) is 6.30. The first kappa shape index (κ1) is 18.0. The number of allylic oxidation sites excluding steroid dienone is 1. The van der Waals surface area contributed by atoms with Gasteiger partial charge in [0.15, 0.2) is 0 Å². The SMILES string of the molecule is CO[C@H]1C[C@@]23COC(=O)C2=CCC[C@@H]3[C@@](C)(CC[C@H]2COC(=O)C2)[C@@H]1C. The van der Waals surface area contributed by atoms with E-state index >= 15 is 0 Å². The molecule has 2 saturated heterocycles. The van der Waals surface area contributed by atoms with Crippen molar-refractivity contribution in [3.63, 3.8) is 0 Å². The van der Waals surface area contributed by atoms with Crippen LogP contribution in [0.2, 0.25) is 0 Å². The van der Waals surface area contributed by atoms with Gasteiger partial charge in [-0.1, -0.05) is 19.9 Å². The van der Waals surface area contributed by atoms with Gasteiger partial charge in [0.1, 0.15) is 6.61 Å². The van der Waals surface area contributed by atoms with E-state index < -0.39 is 0 Å². The van der Waals surface area contributed by atoms with E-state index in [1.807, 2.05) is 0 Å². The highest BCUT2D eigenvalue weighted by atomic mass is 16.5. The minimum absolute atomic E-state index is 0.0536. The van der Waals surface area contributed by atoms with Gasteiger partial charge in [0.25, 0.3) is 0 Å². The summed E-state index contributed by atoms with van der Waals surface area (Å²) in [5.74, 6) is 0.944. The molecule has 2 heterocycles. The van der Waals surface area contributed by atoms with Crippen molar-refractivity contribution in [3.05, 3.63) is 11.6 Å². The number of carbonyl (C=O) groups excluding carboxylic acids is 2. The lowest BCUT2D eigenvalue weighted by Gasteiger charge is -2.58. The second kappa shape index (κ2) is 6.36. The maximum absolute atomic E-state index is 12.4. The molecule has 2 aliphatic heterocycles. The van der Waals surface area contributed by atoms with Crippen molar-refractivity contribution >= 4 is 11.9 Å². The first-order valence-corrected chi connectivity index (χ1v) is 9.97. The Hall–Kier alpha value is -1.36. The highest BCUT2D eigenvalue weighted by Gasteiger charge is 2.63. The van der Waals surface area contributed by atoms with Crippen molar-refractivity contribution in [3.8, 4) is 0 Å². The summed E-state index contributed by atoms with van der Waals surface area (Å²) in [7, 11) is 1.78. The molecule has 2 aliphatic carbocycles. The maximum Gasteiger partial charge on any atom is 0.334 e. The van der Waals surface area contributed by atoms with Crippen molar-refractivity contribution in [2.24, 2.45) is 28.6 Å². The molecule has 0 amide bonds. The summed E-state index contributed by atoms with van der Waals surface area (Å²) in [5.41, 5.74) is 0.755. The normalized spacial score (nSPS) is 44.8. The minimum Gasteiger partial charge on any atom is -0.465 e. The Morgan fingerprint density at radius 2 is 2.12 bits per heavy atom. The van der Waals surface area contributed by atoms with Gasteiger partial charge in [-0.05, 0) is 49.4 Å². The Morgan fingerprint density at radius 1 is 1.31 bits per heavy atom. The van der Waals surface area contributed by atoms with Crippen LogP contribution in [-0.4, -0.2) is 38.4 Å². The molecule has 1 saturated carbocycles. The van der Waals surface area contributed by atoms with Crippen LogP contribution >= 0.6 is 0 Å². The fraction of sp³-hybridized carbons (Fsp3) is 0.810. The van der Waals surface area contributed by atoms with Crippen LogP contribution in [0.5, 0.6) is 0 Å². The van der Waals surface area contributed by atoms with Crippen LogP contribution in [0.4, 0.5) is 0 Å². The van der Waals surface area contributed by atoms with Crippen LogP contribution in [0.3, 0.4) is 0 Å². The van der Waals surface area contributed by atoms with E-state index in [9.17, 15) is 9.59 Å². The number of esters is 2. The Kier molecular flexibility index (Phi) is 4.41. The van der Waals surface area contributed by atoms with Gasteiger partial charge in [-0.15, -0.1) is 0 Å². The van der Waals surface area contributed by atoms with E-state index in [1.165, 1.54) is 0 Å². The molecule has 0 N–H and O–H groups in total. The molecule has 0 aromatic carbocycles. The van der Waals surface area contributed by atoms with E-state index in [1.54, 1.807) is 7.11 Å². The molecular formula is C21H30O5. The number of methoxy groups -OCH3 is 1. The summed E-state index contributed by atoms with van der Waals surface area (Å²) in [6.45, 7) is 5.72. The third-order valence-corrected chi connectivity index (χ3v) is 7.98. The molecular weight excluding hydrogens is 332 g/mol. The van der Waals surface area contributed by atoms with Gasteiger partial charge in [-0.25, -0.2) is 4.79 Å².